The maximum Gasteiger partial charge on any atom is 0.220 e. The van der Waals surface area contributed by atoms with Gasteiger partial charge in [0.2, 0.25) is 5.91 Å². The van der Waals surface area contributed by atoms with E-state index in [9.17, 15) is 9.59 Å². The number of ketones is 1. The van der Waals surface area contributed by atoms with Gasteiger partial charge in [-0.2, -0.15) is 0 Å². The fourth-order valence-electron chi connectivity index (χ4n) is 1.52. The third-order valence-electron chi connectivity index (χ3n) is 2.33. The van der Waals surface area contributed by atoms with Crippen molar-refractivity contribution < 1.29 is 9.59 Å². The lowest BCUT2D eigenvalue weighted by Gasteiger charge is -2.20. The maximum atomic E-state index is 11.8. The van der Waals surface area contributed by atoms with E-state index in [1.165, 1.54) is 0 Å². The first-order valence-electron chi connectivity index (χ1n) is 5.98. The predicted molar refractivity (Wildman–Crippen MR) is 72.3 cm³/mol. The van der Waals surface area contributed by atoms with Gasteiger partial charge in [0.1, 0.15) is 0 Å². The van der Waals surface area contributed by atoms with Crippen LogP contribution < -0.4 is 11.1 Å². The van der Waals surface area contributed by atoms with Crippen LogP contribution in [0, 0.1) is 0 Å². The van der Waals surface area contributed by atoms with Crippen LogP contribution in [0.4, 0.5) is 5.69 Å². The standard InChI is InChI=1S/C14H20N2O2/c1-14(2,3)16-13(18)9-8-12(17)10-4-6-11(15)7-5-10/h4-7H,8-9,15H2,1-3H3,(H,16,18). The molecule has 0 aliphatic heterocycles. The second-order valence-corrected chi connectivity index (χ2v) is 5.34. The van der Waals surface area contributed by atoms with Crippen molar-refractivity contribution in [2.45, 2.75) is 39.2 Å². The zero-order chi connectivity index (χ0) is 13.8. The van der Waals surface area contributed by atoms with E-state index < -0.39 is 0 Å². The Hall–Kier alpha value is -1.84. The van der Waals surface area contributed by atoms with Gasteiger partial charge in [0.25, 0.3) is 0 Å². The first kappa shape index (κ1) is 14.2. The molecule has 18 heavy (non-hydrogen) atoms. The summed E-state index contributed by atoms with van der Waals surface area (Å²) in [6.45, 7) is 5.73. The zero-order valence-electron chi connectivity index (χ0n) is 11.1. The van der Waals surface area contributed by atoms with Crippen molar-refractivity contribution in [3.05, 3.63) is 29.8 Å². The first-order chi connectivity index (χ1) is 8.28. The van der Waals surface area contributed by atoms with Gasteiger partial charge in [-0.05, 0) is 45.0 Å². The third kappa shape index (κ3) is 4.99. The minimum absolute atomic E-state index is 0.0425. The molecular weight excluding hydrogens is 228 g/mol. The third-order valence-corrected chi connectivity index (χ3v) is 2.33. The number of nitrogens with two attached hydrogens (primary N) is 1. The molecule has 0 aromatic heterocycles. The lowest BCUT2D eigenvalue weighted by molar-refractivity contribution is -0.122. The van der Waals surface area contributed by atoms with Gasteiger partial charge in [-0.25, -0.2) is 0 Å². The Labute approximate surface area is 108 Å². The summed E-state index contributed by atoms with van der Waals surface area (Å²) in [6, 6.07) is 6.73. The summed E-state index contributed by atoms with van der Waals surface area (Å²) < 4.78 is 0. The molecule has 1 aromatic carbocycles. The molecule has 1 amide bonds. The van der Waals surface area contributed by atoms with E-state index in [-0.39, 0.29) is 30.1 Å². The van der Waals surface area contributed by atoms with Crippen LogP contribution in [-0.2, 0) is 4.79 Å². The number of hydrogen-bond donors (Lipinski definition) is 2. The van der Waals surface area contributed by atoms with Crippen molar-refractivity contribution in [1.29, 1.82) is 0 Å². The van der Waals surface area contributed by atoms with Crippen LogP contribution in [-0.4, -0.2) is 17.2 Å². The Kier molecular flexibility index (Phi) is 4.48. The molecule has 1 aromatic rings. The van der Waals surface area contributed by atoms with Crippen LogP contribution >= 0.6 is 0 Å². The number of nitrogen functional groups attached to an aromatic ring is 1. The molecule has 0 unspecified atom stereocenters. The molecule has 4 heteroatoms. The molecule has 0 radical (unpaired) electrons. The van der Waals surface area contributed by atoms with Crippen molar-refractivity contribution in [2.24, 2.45) is 0 Å². The number of carbonyl (C=O) groups excluding carboxylic acids is 2. The van der Waals surface area contributed by atoms with Gasteiger partial charge < -0.3 is 11.1 Å². The molecule has 0 aliphatic rings. The molecule has 98 valence electrons. The van der Waals surface area contributed by atoms with Crippen molar-refractivity contribution in [2.75, 3.05) is 5.73 Å². The number of carbonyl (C=O) groups is 2. The van der Waals surface area contributed by atoms with E-state index in [4.69, 9.17) is 5.73 Å². The van der Waals surface area contributed by atoms with Gasteiger partial charge in [0.05, 0.1) is 0 Å². The highest BCUT2D eigenvalue weighted by Gasteiger charge is 2.15. The molecule has 0 fully saturated rings. The minimum atomic E-state index is -0.263. The number of Topliss-reactive ketones (excluding diaryl/α,β-unsaturated/α-hetero) is 1. The second-order valence-electron chi connectivity index (χ2n) is 5.34. The Morgan fingerprint density at radius 1 is 1.11 bits per heavy atom. The summed E-state index contributed by atoms with van der Waals surface area (Å²) in [5.41, 5.74) is 6.49. The monoisotopic (exact) mass is 248 g/mol. The molecule has 0 atom stereocenters. The van der Waals surface area contributed by atoms with Gasteiger partial charge in [0.15, 0.2) is 5.78 Å². The second kappa shape index (κ2) is 5.67. The van der Waals surface area contributed by atoms with Crippen LogP contribution in [0.15, 0.2) is 24.3 Å². The van der Waals surface area contributed by atoms with Crippen molar-refractivity contribution >= 4 is 17.4 Å². The molecule has 0 saturated heterocycles. The average Bonchev–Trinajstić information content (AvgIpc) is 2.24. The number of benzene rings is 1. The quantitative estimate of drug-likeness (QED) is 0.633. The molecule has 4 nitrogen and oxygen atoms in total. The van der Waals surface area contributed by atoms with Crippen LogP contribution in [0.25, 0.3) is 0 Å². The Morgan fingerprint density at radius 3 is 2.17 bits per heavy atom. The molecular formula is C14H20N2O2. The lowest BCUT2D eigenvalue weighted by atomic mass is 10.0. The van der Waals surface area contributed by atoms with Crippen molar-refractivity contribution in [1.82, 2.24) is 5.32 Å². The molecule has 0 aliphatic carbocycles. The largest absolute Gasteiger partial charge is 0.399 e. The highest BCUT2D eigenvalue weighted by Crippen LogP contribution is 2.09. The molecule has 0 heterocycles. The Balaban J connectivity index is 2.47. The average molecular weight is 248 g/mol. The summed E-state index contributed by atoms with van der Waals surface area (Å²) in [4.78, 5) is 23.4. The highest BCUT2D eigenvalue weighted by molar-refractivity contribution is 5.98. The fraction of sp³-hybridized carbons (Fsp3) is 0.429. The Morgan fingerprint density at radius 2 is 1.67 bits per heavy atom. The van der Waals surface area contributed by atoms with E-state index in [1.807, 2.05) is 20.8 Å². The Bertz CT molecular complexity index is 430. The van der Waals surface area contributed by atoms with E-state index in [0.29, 0.717) is 11.3 Å². The van der Waals surface area contributed by atoms with Crippen LogP contribution in [0.2, 0.25) is 0 Å². The van der Waals surface area contributed by atoms with Crippen molar-refractivity contribution in [3.63, 3.8) is 0 Å². The first-order valence-corrected chi connectivity index (χ1v) is 5.98. The highest BCUT2D eigenvalue weighted by atomic mass is 16.2. The predicted octanol–water partition coefficient (Wildman–Crippen LogP) is 2.15. The van der Waals surface area contributed by atoms with Crippen LogP contribution in [0.1, 0.15) is 44.0 Å². The molecule has 0 spiro atoms. The van der Waals surface area contributed by atoms with Gasteiger partial charge >= 0.3 is 0 Å². The number of anilines is 1. The lowest BCUT2D eigenvalue weighted by Crippen LogP contribution is -2.40. The molecule has 0 bridgehead atoms. The van der Waals surface area contributed by atoms with E-state index >= 15 is 0 Å². The summed E-state index contributed by atoms with van der Waals surface area (Å²) >= 11 is 0. The normalized spacial score (nSPS) is 11.1. The van der Waals surface area contributed by atoms with Crippen molar-refractivity contribution in [3.8, 4) is 0 Å². The van der Waals surface area contributed by atoms with E-state index in [1.54, 1.807) is 24.3 Å². The van der Waals surface area contributed by atoms with Crippen LogP contribution in [0.3, 0.4) is 0 Å². The summed E-state index contributed by atoms with van der Waals surface area (Å²) in [6.07, 6.45) is 0.423. The molecule has 3 N–H and O–H groups in total. The minimum Gasteiger partial charge on any atom is -0.399 e. The number of amides is 1. The van der Waals surface area contributed by atoms with E-state index in [2.05, 4.69) is 5.32 Å². The summed E-state index contributed by atoms with van der Waals surface area (Å²) in [5, 5.41) is 2.82. The van der Waals surface area contributed by atoms with Crippen LogP contribution in [0.5, 0.6) is 0 Å². The number of nitrogens with one attached hydrogen (secondary N) is 1. The maximum absolute atomic E-state index is 11.8. The van der Waals surface area contributed by atoms with Gasteiger partial charge in [-0.1, -0.05) is 0 Å². The van der Waals surface area contributed by atoms with Gasteiger partial charge in [0, 0.05) is 29.6 Å². The molecule has 1 rings (SSSR count). The van der Waals surface area contributed by atoms with Gasteiger partial charge in [-0.15, -0.1) is 0 Å². The fourth-order valence-corrected chi connectivity index (χ4v) is 1.52. The number of hydrogen-bond acceptors (Lipinski definition) is 3. The SMILES string of the molecule is CC(C)(C)NC(=O)CCC(=O)c1ccc(N)cc1. The topological polar surface area (TPSA) is 72.2 Å². The summed E-state index contributed by atoms with van der Waals surface area (Å²) in [7, 11) is 0. The summed E-state index contributed by atoms with van der Waals surface area (Å²) in [5.74, 6) is -0.148. The smallest absolute Gasteiger partial charge is 0.220 e. The number of rotatable bonds is 4. The van der Waals surface area contributed by atoms with E-state index in [0.717, 1.165) is 0 Å². The van der Waals surface area contributed by atoms with Gasteiger partial charge in [-0.3, -0.25) is 9.59 Å². The zero-order valence-corrected chi connectivity index (χ0v) is 11.1. The molecule has 0 saturated carbocycles.